The number of hydrogen-bond donors (Lipinski definition) is 2. The van der Waals surface area contributed by atoms with E-state index in [2.05, 4.69) is 31.2 Å². The molecule has 0 spiro atoms. The summed E-state index contributed by atoms with van der Waals surface area (Å²) in [6, 6.07) is 6.48. The number of H-pyrrole nitrogens is 1. The molecule has 2 aromatic rings. The van der Waals surface area contributed by atoms with Gasteiger partial charge in [-0.05, 0) is 0 Å². The fraction of sp³-hybridized carbons (Fsp3) is 0.0909. The molecule has 1 radical (unpaired) electrons. The summed E-state index contributed by atoms with van der Waals surface area (Å²) in [5.41, 5.74) is 1.06. The van der Waals surface area contributed by atoms with E-state index in [9.17, 15) is 4.79 Å². The van der Waals surface area contributed by atoms with Crippen molar-refractivity contribution >= 4 is 38.8 Å². The van der Waals surface area contributed by atoms with Crippen LogP contribution in [0.1, 0.15) is 15.9 Å². The molecule has 2 N–H and O–H groups in total. The van der Waals surface area contributed by atoms with Crippen molar-refractivity contribution in [2.24, 2.45) is 4.99 Å². The standard InChI is InChI=1S/C11H9N4O2SSe/c16-10(17)8-3-1-7(2-4-8)9(19)12-5-15-6-13-14-11(15)18/h1-4,6H,5H2,(H,14,18)(H,16,17)/b12-9-. The number of aromatic carboxylic acids is 1. The first-order valence-corrected chi connectivity index (χ1v) is 6.49. The Labute approximate surface area is 122 Å². The molecule has 19 heavy (non-hydrogen) atoms. The van der Waals surface area contributed by atoms with Crippen molar-refractivity contribution < 1.29 is 9.90 Å². The van der Waals surface area contributed by atoms with Crippen molar-refractivity contribution in [1.82, 2.24) is 14.8 Å². The minimum atomic E-state index is -0.949. The van der Waals surface area contributed by atoms with E-state index in [0.717, 1.165) is 5.56 Å². The molecule has 0 fully saturated rings. The quantitative estimate of drug-likeness (QED) is 0.498. The zero-order chi connectivity index (χ0) is 13.8. The summed E-state index contributed by atoms with van der Waals surface area (Å²) in [6.07, 6.45) is 1.56. The third-order valence-electron chi connectivity index (χ3n) is 2.36. The first-order chi connectivity index (χ1) is 9.08. The Morgan fingerprint density at radius 2 is 2.05 bits per heavy atom. The van der Waals surface area contributed by atoms with Crippen LogP contribution >= 0.6 is 12.2 Å². The maximum atomic E-state index is 10.7. The van der Waals surface area contributed by atoms with E-state index in [1.807, 2.05) is 0 Å². The van der Waals surface area contributed by atoms with Gasteiger partial charge in [0.25, 0.3) is 0 Å². The number of aromatic amines is 1. The predicted molar refractivity (Wildman–Crippen MR) is 73.1 cm³/mol. The Morgan fingerprint density at radius 3 is 2.58 bits per heavy atom. The second kappa shape index (κ2) is 5.92. The Hall–Kier alpha value is -1.76. The van der Waals surface area contributed by atoms with Crippen LogP contribution in [0.4, 0.5) is 0 Å². The Kier molecular flexibility index (Phi) is 4.26. The number of aliphatic imine (C=N–C) groups is 1. The number of carbonyl (C=O) groups is 1. The van der Waals surface area contributed by atoms with Crippen LogP contribution in [0.3, 0.4) is 0 Å². The third kappa shape index (κ3) is 3.37. The average Bonchev–Trinajstić information content (AvgIpc) is 2.81. The monoisotopic (exact) mass is 341 g/mol. The van der Waals surface area contributed by atoms with Crippen LogP contribution in [0, 0.1) is 4.77 Å². The van der Waals surface area contributed by atoms with Crippen molar-refractivity contribution in [3.05, 3.63) is 46.5 Å². The Bertz CT molecular complexity index is 675. The maximum absolute atomic E-state index is 10.7. The molecule has 0 saturated carbocycles. The van der Waals surface area contributed by atoms with Gasteiger partial charge < -0.3 is 0 Å². The molecule has 2 rings (SSSR count). The number of rotatable bonds is 4. The average molecular weight is 340 g/mol. The molecule has 97 valence electrons. The van der Waals surface area contributed by atoms with Gasteiger partial charge in [-0.15, -0.1) is 0 Å². The van der Waals surface area contributed by atoms with E-state index in [4.69, 9.17) is 17.3 Å². The van der Waals surface area contributed by atoms with Crippen molar-refractivity contribution in [1.29, 1.82) is 0 Å². The summed E-state index contributed by atoms with van der Waals surface area (Å²) >= 11 is 7.85. The van der Waals surface area contributed by atoms with Crippen LogP contribution in [-0.2, 0) is 6.67 Å². The molecule has 0 unspecified atom stereocenters. The van der Waals surface area contributed by atoms with Crippen LogP contribution < -0.4 is 0 Å². The van der Waals surface area contributed by atoms with Crippen LogP contribution in [0.5, 0.6) is 0 Å². The van der Waals surface area contributed by atoms with Crippen molar-refractivity contribution in [3.63, 3.8) is 0 Å². The van der Waals surface area contributed by atoms with Gasteiger partial charge in [0.15, 0.2) is 0 Å². The van der Waals surface area contributed by atoms with Gasteiger partial charge in [0.2, 0.25) is 0 Å². The number of carboxylic acids is 1. The number of nitrogens with one attached hydrogen (secondary N) is 1. The summed E-state index contributed by atoms with van der Waals surface area (Å²) in [6.45, 7) is 0.346. The van der Waals surface area contributed by atoms with Gasteiger partial charge in [-0.3, -0.25) is 0 Å². The predicted octanol–water partition coefficient (Wildman–Crippen LogP) is 1.21. The van der Waals surface area contributed by atoms with Crippen molar-refractivity contribution in [2.45, 2.75) is 6.67 Å². The van der Waals surface area contributed by atoms with Crippen LogP contribution in [0.15, 0.2) is 35.6 Å². The summed E-state index contributed by atoms with van der Waals surface area (Å²) in [5.74, 6) is -0.949. The summed E-state index contributed by atoms with van der Waals surface area (Å²) in [4.78, 5) is 15.1. The first-order valence-electron chi connectivity index (χ1n) is 5.23. The SMILES string of the molecule is O=C(O)c1ccc(/C([Se])=N/Cn2cn[nH]c2=S)cc1. The van der Waals surface area contributed by atoms with Crippen LogP contribution in [0.25, 0.3) is 0 Å². The number of carboxylic acid groups (broad SMARTS) is 1. The molecule has 0 bridgehead atoms. The van der Waals surface area contributed by atoms with Gasteiger partial charge in [0.05, 0.1) is 0 Å². The Morgan fingerprint density at radius 1 is 1.42 bits per heavy atom. The van der Waals surface area contributed by atoms with E-state index >= 15 is 0 Å². The zero-order valence-corrected chi connectivity index (χ0v) is 12.1. The van der Waals surface area contributed by atoms with E-state index in [1.165, 1.54) is 12.1 Å². The number of nitrogens with zero attached hydrogens (tertiary/aromatic N) is 3. The molecular weight excluding hydrogens is 331 g/mol. The molecule has 8 heteroatoms. The summed E-state index contributed by atoms with van der Waals surface area (Å²) < 4.78 is 2.86. The van der Waals surface area contributed by atoms with E-state index < -0.39 is 5.97 Å². The Balaban J connectivity index is 2.15. The van der Waals surface area contributed by atoms with Gasteiger partial charge in [-0.25, -0.2) is 0 Å². The molecule has 6 nitrogen and oxygen atoms in total. The fourth-order valence-corrected chi connectivity index (χ4v) is 1.92. The molecule has 0 aliphatic heterocycles. The minimum absolute atomic E-state index is 0.244. The van der Waals surface area contributed by atoms with Crippen molar-refractivity contribution in [3.8, 4) is 0 Å². The van der Waals surface area contributed by atoms with Crippen LogP contribution in [0.2, 0.25) is 0 Å². The molecular formula is C11H9N4O2SSe. The van der Waals surface area contributed by atoms with Crippen LogP contribution in [-0.4, -0.2) is 46.5 Å². The molecule has 1 heterocycles. The molecule has 0 saturated heterocycles. The zero-order valence-electron chi connectivity index (χ0n) is 9.61. The van der Waals surface area contributed by atoms with E-state index in [1.54, 1.807) is 23.0 Å². The van der Waals surface area contributed by atoms with Gasteiger partial charge in [0, 0.05) is 0 Å². The molecule has 1 aromatic carbocycles. The second-order valence-electron chi connectivity index (χ2n) is 3.62. The topological polar surface area (TPSA) is 83.3 Å². The second-order valence-corrected chi connectivity index (χ2v) is 4.82. The van der Waals surface area contributed by atoms with E-state index in [-0.39, 0.29) is 5.56 Å². The van der Waals surface area contributed by atoms with Crippen molar-refractivity contribution in [2.75, 3.05) is 0 Å². The fourth-order valence-electron chi connectivity index (χ4n) is 1.36. The molecule has 1 aromatic heterocycles. The van der Waals surface area contributed by atoms with E-state index in [0.29, 0.717) is 16.0 Å². The van der Waals surface area contributed by atoms with Gasteiger partial charge >= 0.3 is 122 Å². The third-order valence-corrected chi connectivity index (χ3v) is 3.45. The molecule has 0 atom stereocenters. The normalized spacial score (nSPS) is 11.5. The summed E-state index contributed by atoms with van der Waals surface area (Å²) in [5, 5.41) is 15.2. The summed E-state index contributed by atoms with van der Waals surface area (Å²) in [7, 11) is 0. The number of aromatic nitrogens is 3. The number of hydrogen-bond acceptors (Lipinski definition) is 4. The van der Waals surface area contributed by atoms with Gasteiger partial charge in [0.1, 0.15) is 0 Å². The molecule has 0 aliphatic carbocycles. The molecule has 0 aliphatic rings. The van der Waals surface area contributed by atoms with Gasteiger partial charge in [-0.1, -0.05) is 0 Å². The first kappa shape index (κ1) is 13.7. The number of benzene rings is 1. The van der Waals surface area contributed by atoms with Gasteiger partial charge in [-0.2, -0.15) is 0 Å². The molecule has 0 amide bonds.